The maximum absolute atomic E-state index is 11.2. The summed E-state index contributed by atoms with van der Waals surface area (Å²) in [6, 6.07) is 3.89. The summed E-state index contributed by atoms with van der Waals surface area (Å²) in [7, 11) is 0. The van der Waals surface area contributed by atoms with Crippen molar-refractivity contribution >= 4 is 5.97 Å². The van der Waals surface area contributed by atoms with Crippen molar-refractivity contribution < 1.29 is 14.1 Å². The van der Waals surface area contributed by atoms with Crippen LogP contribution in [-0.4, -0.2) is 12.6 Å². The Morgan fingerprint density at radius 2 is 2.21 bits per heavy atom. The molecule has 14 heavy (non-hydrogen) atoms. The van der Waals surface area contributed by atoms with Crippen LogP contribution in [0.5, 0.6) is 0 Å². The summed E-state index contributed by atoms with van der Waals surface area (Å²) in [5, 5.41) is 0. The van der Waals surface area contributed by atoms with E-state index in [2.05, 4.69) is 6.58 Å². The first-order valence-electron chi connectivity index (χ1n) is 4.44. The van der Waals surface area contributed by atoms with E-state index in [4.69, 9.17) is 4.74 Å². The summed E-state index contributed by atoms with van der Waals surface area (Å²) >= 11 is 0. The monoisotopic (exact) mass is 192 g/mol. The van der Waals surface area contributed by atoms with Crippen LogP contribution in [0.3, 0.4) is 0 Å². The first-order valence-corrected chi connectivity index (χ1v) is 4.44. The Kier molecular flexibility index (Phi) is 3.85. The maximum Gasteiger partial charge on any atom is 0.372 e. The van der Waals surface area contributed by atoms with E-state index in [0.717, 1.165) is 0 Å². The lowest BCUT2D eigenvalue weighted by Crippen LogP contribution is -2.37. The third kappa shape index (κ3) is 3.39. The molecule has 0 saturated carbocycles. The van der Waals surface area contributed by atoms with Crippen molar-refractivity contribution in [3.05, 3.63) is 42.7 Å². The number of rotatable bonds is 4. The highest BCUT2D eigenvalue weighted by Gasteiger charge is 2.08. The molecule has 0 spiro atoms. The van der Waals surface area contributed by atoms with Crippen LogP contribution in [0, 0.1) is 6.92 Å². The van der Waals surface area contributed by atoms with Gasteiger partial charge in [0.25, 0.3) is 0 Å². The zero-order valence-corrected chi connectivity index (χ0v) is 8.27. The molecule has 0 aliphatic carbocycles. The molecule has 0 radical (unpaired) electrons. The van der Waals surface area contributed by atoms with Crippen molar-refractivity contribution in [2.45, 2.75) is 13.5 Å². The molecule has 1 aromatic heterocycles. The number of hydrogen-bond donors (Lipinski definition) is 0. The highest BCUT2D eigenvalue weighted by molar-refractivity contribution is 5.67. The molecule has 1 rings (SSSR count). The van der Waals surface area contributed by atoms with Gasteiger partial charge in [-0.05, 0) is 12.5 Å². The van der Waals surface area contributed by atoms with Gasteiger partial charge in [0.15, 0.2) is 12.4 Å². The standard InChI is InChI=1S/C11H14NO2/c1-3-8-14-11(13)9-12-6-4-10(2)5-7-12/h3-7H,1,8-9H2,2H3/q+1. The van der Waals surface area contributed by atoms with Crippen LogP contribution < -0.4 is 4.57 Å². The number of carbonyl (C=O) groups excluding carboxylic acids is 1. The molecule has 0 bridgehead atoms. The molecule has 1 heterocycles. The lowest BCUT2D eigenvalue weighted by molar-refractivity contribution is -0.686. The van der Waals surface area contributed by atoms with Crippen molar-refractivity contribution in [2.75, 3.05) is 6.61 Å². The molecule has 0 aromatic carbocycles. The van der Waals surface area contributed by atoms with Gasteiger partial charge in [-0.3, -0.25) is 0 Å². The number of carbonyl (C=O) groups is 1. The van der Waals surface area contributed by atoms with Crippen LogP contribution >= 0.6 is 0 Å². The second-order valence-corrected chi connectivity index (χ2v) is 3.02. The highest BCUT2D eigenvalue weighted by Crippen LogP contribution is 1.90. The minimum Gasteiger partial charge on any atom is -0.457 e. The van der Waals surface area contributed by atoms with Crippen LogP contribution in [0.25, 0.3) is 0 Å². The molecular weight excluding hydrogens is 178 g/mol. The maximum atomic E-state index is 11.2. The largest absolute Gasteiger partial charge is 0.457 e. The minimum absolute atomic E-state index is 0.244. The van der Waals surface area contributed by atoms with Gasteiger partial charge in [0, 0.05) is 12.1 Å². The summed E-state index contributed by atoms with van der Waals surface area (Å²) < 4.78 is 6.62. The zero-order chi connectivity index (χ0) is 10.4. The number of pyridine rings is 1. The van der Waals surface area contributed by atoms with Gasteiger partial charge in [-0.25, -0.2) is 4.79 Å². The van der Waals surface area contributed by atoms with Gasteiger partial charge in [0.1, 0.15) is 6.61 Å². The summed E-state index contributed by atoms with van der Waals surface area (Å²) in [6.45, 7) is 5.98. The Morgan fingerprint density at radius 3 is 2.79 bits per heavy atom. The fraction of sp³-hybridized carbons (Fsp3) is 0.273. The number of aryl methyl sites for hydroxylation is 1. The molecule has 0 saturated heterocycles. The fourth-order valence-electron chi connectivity index (χ4n) is 0.984. The van der Waals surface area contributed by atoms with Crippen molar-refractivity contribution in [1.29, 1.82) is 0 Å². The Bertz CT molecular complexity index is 317. The molecule has 0 amide bonds. The van der Waals surface area contributed by atoms with Crippen molar-refractivity contribution in [2.24, 2.45) is 0 Å². The van der Waals surface area contributed by atoms with Gasteiger partial charge < -0.3 is 4.74 Å². The van der Waals surface area contributed by atoms with Gasteiger partial charge in [-0.1, -0.05) is 12.7 Å². The predicted molar refractivity (Wildman–Crippen MR) is 52.5 cm³/mol. The minimum atomic E-state index is -0.251. The molecule has 0 fully saturated rings. The quantitative estimate of drug-likeness (QED) is 0.405. The molecule has 0 unspecified atom stereocenters. The number of ether oxygens (including phenoxy) is 1. The van der Waals surface area contributed by atoms with Crippen molar-refractivity contribution in [3.8, 4) is 0 Å². The van der Waals surface area contributed by atoms with E-state index in [9.17, 15) is 4.79 Å². The molecule has 0 aliphatic rings. The van der Waals surface area contributed by atoms with E-state index < -0.39 is 0 Å². The molecule has 74 valence electrons. The van der Waals surface area contributed by atoms with Gasteiger partial charge >= 0.3 is 5.97 Å². The predicted octanol–water partition coefficient (Wildman–Crippen LogP) is 1.01. The van der Waals surface area contributed by atoms with Crippen LogP contribution in [0.4, 0.5) is 0 Å². The molecule has 0 N–H and O–H groups in total. The molecule has 3 heteroatoms. The molecule has 0 aliphatic heterocycles. The zero-order valence-electron chi connectivity index (χ0n) is 8.27. The van der Waals surface area contributed by atoms with Crippen LogP contribution in [-0.2, 0) is 16.1 Å². The van der Waals surface area contributed by atoms with E-state index in [1.807, 2.05) is 31.5 Å². The second-order valence-electron chi connectivity index (χ2n) is 3.02. The lowest BCUT2D eigenvalue weighted by Gasteiger charge is -1.98. The van der Waals surface area contributed by atoms with E-state index >= 15 is 0 Å². The summed E-state index contributed by atoms with van der Waals surface area (Å²) in [5.41, 5.74) is 1.17. The van der Waals surface area contributed by atoms with E-state index in [-0.39, 0.29) is 19.1 Å². The average Bonchev–Trinajstić information content (AvgIpc) is 2.18. The first kappa shape index (κ1) is 10.4. The van der Waals surface area contributed by atoms with Gasteiger partial charge in [0.05, 0.1) is 0 Å². The highest BCUT2D eigenvalue weighted by atomic mass is 16.5. The Hall–Kier alpha value is -1.64. The van der Waals surface area contributed by atoms with Gasteiger partial charge in [0.2, 0.25) is 6.54 Å². The van der Waals surface area contributed by atoms with Crippen LogP contribution in [0.1, 0.15) is 5.56 Å². The third-order valence-electron chi connectivity index (χ3n) is 1.73. The number of aromatic nitrogens is 1. The topological polar surface area (TPSA) is 30.2 Å². The van der Waals surface area contributed by atoms with Crippen LogP contribution in [0.2, 0.25) is 0 Å². The van der Waals surface area contributed by atoms with E-state index in [0.29, 0.717) is 0 Å². The third-order valence-corrected chi connectivity index (χ3v) is 1.73. The van der Waals surface area contributed by atoms with Crippen molar-refractivity contribution in [3.63, 3.8) is 0 Å². The molecule has 0 atom stereocenters. The fourth-order valence-corrected chi connectivity index (χ4v) is 0.984. The Balaban J connectivity index is 2.47. The number of hydrogen-bond acceptors (Lipinski definition) is 2. The van der Waals surface area contributed by atoms with E-state index in [1.165, 1.54) is 5.56 Å². The van der Waals surface area contributed by atoms with E-state index in [1.54, 1.807) is 10.6 Å². The second kappa shape index (κ2) is 5.17. The SMILES string of the molecule is C=CCOC(=O)C[n+]1ccc(C)cc1. The first-order chi connectivity index (χ1) is 6.72. The van der Waals surface area contributed by atoms with Gasteiger partial charge in [-0.2, -0.15) is 4.57 Å². The number of nitrogens with zero attached hydrogens (tertiary/aromatic N) is 1. The van der Waals surface area contributed by atoms with Crippen LogP contribution in [0.15, 0.2) is 37.2 Å². The van der Waals surface area contributed by atoms with Crippen molar-refractivity contribution in [1.82, 2.24) is 0 Å². The Labute approximate surface area is 83.6 Å². The molecular formula is C11H14NO2+. The lowest BCUT2D eigenvalue weighted by atomic mass is 10.3. The summed E-state index contributed by atoms with van der Waals surface area (Å²) in [5.74, 6) is -0.251. The summed E-state index contributed by atoms with van der Waals surface area (Å²) in [6.07, 6.45) is 5.26. The molecule has 3 nitrogen and oxygen atoms in total. The Morgan fingerprint density at radius 1 is 1.57 bits per heavy atom. The smallest absolute Gasteiger partial charge is 0.372 e. The average molecular weight is 192 g/mol. The summed E-state index contributed by atoms with van der Waals surface area (Å²) in [4.78, 5) is 11.2. The number of esters is 1. The normalized spacial score (nSPS) is 9.50. The van der Waals surface area contributed by atoms with Gasteiger partial charge in [-0.15, -0.1) is 0 Å². The molecule has 1 aromatic rings.